The van der Waals surface area contributed by atoms with Gasteiger partial charge in [-0.2, -0.15) is 0 Å². The van der Waals surface area contributed by atoms with Crippen LogP contribution in [0.5, 0.6) is 0 Å². The van der Waals surface area contributed by atoms with E-state index in [0.29, 0.717) is 19.8 Å². The first-order chi connectivity index (χ1) is 9.61. The van der Waals surface area contributed by atoms with E-state index in [1.165, 1.54) is 19.3 Å². The molecule has 2 N–H and O–H groups in total. The number of amides is 2. The summed E-state index contributed by atoms with van der Waals surface area (Å²) in [7, 11) is 0. The monoisotopic (exact) mass is 288 g/mol. The third kappa shape index (κ3) is 11.1. The summed E-state index contributed by atoms with van der Waals surface area (Å²) in [6.45, 7) is 8.28. The van der Waals surface area contributed by atoms with Crippen LogP contribution in [0.1, 0.15) is 52.9 Å². The van der Waals surface area contributed by atoms with E-state index in [0.717, 1.165) is 19.4 Å². The van der Waals surface area contributed by atoms with Crippen LogP contribution in [0.15, 0.2) is 0 Å². The van der Waals surface area contributed by atoms with E-state index < -0.39 is 0 Å². The summed E-state index contributed by atoms with van der Waals surface area (Å²) in [6, 6.07) is 0.117. The van der Waals surface area contributed by atoms with Gasteiger partial charge in [-0.25, -0.2) is 4.79 Å². The smallest absolute Gasteiger partial charge is 0.317 e. The van der Waals surface area contributed by atoms with Crippen LogP contribution < -0.4 is 5.32 Å². The standard InChI is InChI=1S/C15H32N2O3/c1-4-5-6-7-8-9-17(10-12-20-13-11-18)15(19)16-14(2)3/h14,18H,4-13H2,1-3H3,(H,16,19). The lowest BCUT2D eigenvalue weighted by molar-refractivity contribution is 0.0782. The topological polar surface area (TPSA) is 61.8 Å². The molecular formula is C15H32N2O3. The van der Waals surface area contributed by atoms with E-state index in [2.05, 4.69) is 12.2 Å². The highest BCUT2D eigenvalue weighted by Gasteiger charge is 2.13. The van der Waals surface area contributed by atoms with Gasteiger partial charge in [-0.15, -0.1) is 0 Å². The summed E-state index contributed by atoms with van der Waals surface area (Å²) >= 11 is 0. The second kappa shape index (κ2) is 13.2. The Morgan fingerprint density at radius 2 is 1.85 bits per heavy atom. The lowest BCUT2D eigenvalue weighted by Crippen LogP contribution is -2.44. The SMILES string of the molecule is CCCCCCCN(CCOCCO)C(=O)NC(C)C. The van der Waals surface area contributed by atoms with E-state index >= 15 is 0 Å². The number of hydrogen-bond acceptors (Lipinski definition) is 3. The van der Waals surface area contributed by atoms with Crippen molar-refractivity contribution in [3.8, 4) is 0 Å². The first-order valence-electron chi connectivity index (χ1n) is 7.85. The van der Waals surface area contributed by atoms with Gasteiger partial charge in [0, 0.05) is 19.1 Å². The molecule has 0 aliphatic heterocycles. The lowest BCUT2D eigenvalue weighted by atomic mass is 10.1. The Morgan fingerprint density at radius 3 is 2.45 bits per heavy atom. The quantitative estimate of drug-likeness (QED) is 0.542. The van der Waals surface area contributed by atoms with Gasteiger partial charge in [0.2, 0.25) is 0 Å². The van der Waals surface area contributed by atoms with Crippen molar-refractivity contribution in [1.29, 1.82) is 0 Å². The number of carbonyl (C=O) groups is 1. The van der Waals surface area contributed by atoms with Crippen molar-refractivity contribution in [2.75, 3.05) is 32.9 Å². The van der Waals surface area contributed by atoms with Gasteiger partial charge in [0.05, 0.1) is 19.8 Å². The molecule has 0 aliphatic rings. The van der Waals surface area contributed by atoms with E-state index in [1.54, 1.807) is 0 Å². The molecule has 120 valence electrons. The van der Waals surface area contributed by atoms with Gasteiger partial charge in [0.15, 0.2) is 0 Å². The number of ether oxygens (including phenoxy) is 1. The normalized spacial score (nSPS) is 10.8. The van der Waals surface area contributed by atoms with Crippen molar-refractivity contribution in [3.05, 3.63) is 0 Å². The molecule has 0 aromatic rings. The van der Waals surface area contributed by atoms with Crippen LogP contribution in [0.2, 0.25) is 0 Å². The minimum Gasteiger partial charge on any atom is -0.394 e. The van der Waals surface area contributed by atoms with Crippen molar-refractivity contribution >= 4 is 6.03 Å². The van der Waals surface area contributed by atoms with Gasteiger partial charge in [-0.3, -0.25) is 0 Å². The number of aliphatic hydroxyl groups is 1. The third-order valence-electron chi connectivity index (χ3n) is 2.97. The number of carbonyl (C=O) groups excluding carboxylic acids is 1. The molecule has 0 heterocycles. The van der Waals surface area contributed by atoms with Crippen LogP contribution in [-0.2, 0) is 4.74 Å². The molecule has 5 heteroatoms. The molecule has 5 nitrogen and oxygen atoms in total. The minimum atomic E-state index is -0.0249. The molecule has 0 fully saturated rings. The third-order valence-corrected chi connectivity index (χ3v) is 2.97. The molecule has 0 aliphatic carbocycles. The second-order valence-electron chi connectivity index (χ2n) is 5.34. The largest absolute Gasteiger partial charge is 0.394 e. The molecule has 0 aromatic carbocycles. The highest BCUT2D eigenvalue weighted by Crippen LogP contribution is 2.04. The van der Waals surface area contributed by atoms with Crippen LogP contribution >= 0.6 is 0 Å². The number of nitrogens with zero attached hydrogens (tertiary/aromatic N) is 1. The van der Waals surface area contributed by atoms with Crippen LogP contribution in [0.25, 0.3) is 0 Å². The second-order valence-corrected chi connectivity index (χ2v) is 5.34. The summed E-state index contributed by atoms with van der Waals surface area (Å²) in [5.74, 6) is 0. The van der Waals surface area contributed by atoms with E-state index in [-0.39, 0.29) is 18.7 Å². The van der Waals surface area contributed by atoms with Crippen molar-refractivity contribution in [1.82, 2.24) is 10.2 Å². The lowest BCUT2D eigenvalue weighted by Gasteiger charge is -2.24. The Morgan fingerprint density at radius 1 is 1.15 bits per heavy atom. The first-order valence-corrected chi connectivity index (χ1v) is 7.85. The van der Waals surface area contributed by atoms with Gasteiger partial charge in [0.25, 0.3) is 0 Å². The van der Waals surface area contributed by atoms with Gasteiger partial charge in [-0.1, -0.05) is 32.6 Å². The predicted octanol–water partition coefficient (Wildman–Crippen LogP) is 2.39. The van der Waals surface area contributed by atoms with Crippen molar-refractivity contribution in [2.24, 2.45) is 0 Å². The van der Waals surface area contributed by atoms with E-state index in [1.807, 2.05) is 18.7 Å². The average Bonchev–Trinajstić information content (AvgIpc) is 2.40. The zero-order valence-corrected chi connectivity index (χ0v) is 13.4. The number of hydrogen-bond donors (Lipinski definition) is 2. The molecule has 0 saturated heterocycles. The first kappa shape index (κ1) is 19.2. The zero-order valence-electron chi connectivity index (χ0n) is 13.4. The molecule has 0 unspecified atom stereocenters. The molecule has 0 bridgehead atoms. The Balaban J connectivity index is 4.00. The Bertz CT molecular complexity index is 235. The number of urea groups is 1. The maximum atomic E-state index is 12.0. The molecule has 0 saturated carbocycles. The zero-order chi connectivity index (χ0) is 15.2. The number of aliphatic hydroxyl groups excluding tert-OH is 1. The Labute approximate surface area is 123 Å². The summed E-state index contributed by atoms with van der Waals surface area (Å²) < 4.78 is 5.24. The summed E-state index contributed by atoms with van der Waals surface area (Å²) in [6.07, 6.45) is 5.92. The fourth-order valence-electron chi connectivity index (χ4n) is 1.90. The Kier molecular flexibility index (Phi) is 12.7. The van der Waals surface area contributed by atoms with Crippen molar-refractivity contribution in [3.63, 3.8) is 0 Å². The summed E-state index contributed by atoms with van der Waals surface area (Å²) in [4.78, 5) is 13.9. The summed E-state index contributed by atoms with van der Waals surface area (Å²) in [5.41, 5.74) is 0. The van der Waals surface area contributed by atoms with Crippen LogP contribution in [0.3, 0.4) is 0 Å². The number of rotatable bonds is 12. The minimum absolute atomic E-state index is 0.0230. The van der Waals surface area contributed by atoms with E-state index in [9.17, 15) is 4.79 Å². The number of nitrogens with one attached hydrogen (secondary N) is 1. The average molecular weight is 288 g/mol. The molecule has 0 radical (unpaired) electrons. The van der Waals surface area contributed by atoms with Crippen LogP contribution in [0.4, 0.5) is 4.79 Å². The van der Waals surface area contributed by atoms with Gasteiger partial charge in [0.1, 0.15) is 0 Å². The maximum absolute atomic E-state index is 12.0. The number of unbranched alkanes of at least 4 members (excludes halogenated alkanes) is 4. The fraction of sp³-hybridized carbons (Fsp3) is 0.933. The summed E-state index contributed by atoms with van der Waals surface area (Å²) in [5, 5.41) is 11.6. The highest BCUT2D eigenvalue weighted by molar-refractivity contribution is 5.74. The van der Waals surface area contributed by atoms with Crippen molar-refractivity contribution < 1.29 is 14.6 Å². The molecular weight excluding hydrogens is 256 g/mol. The molecule has 2 amide bonds. The predicted molar refractivity (Wildman–Crippen MR) is 81.9 cm³/mol. The van der Waals surface area contributed by atoms with E-state index in [4.69, 9.17) is 9.84 Å². The van der Waals surface area contributed by atoms with Crippen LogP contribution in [0, 0.1) is 0 Å². The molecule has 0 spiro atoms. The highest BCUT2D eigenvalue weighted by atomic mass is 16.5. The Hall–Kier alpha value is -0.810. The fourth-order valence-corrected chi connectivity index (χ4v) is 1.90. The van der Waals surface area contributed by atoms with Gasteiger partial charge < -0.3 is 20.1 Å². The van der Waals surface area contributed by atoms with Gasteiger partial charge >= 0.3 is 6.03 Å². The molecule has 0 aromatic heterocycles. The maximum Gasteiger partial charge on any atom is 0.317 e. The molecule has 0 atom stereocenters. The van der Waals surface area contributed by atoms with Crippen LogP contribution in [-0.4, -0.2) is 55.0 Å². The molecule has 0 rings (SSSR count). The molecule has 20 heavy (non-hydrogen) atoms. The van der Waals surface area contributed by atoms with Gasteiger partial charge in [-0.05, 0) is 20.3 Å². The van der Waals surface area contributed by atoms with Crippen molar-refractivity contribution in [2.45, 2.75) is 58.9 Å².